The first-order chi connectivity index (χ1) is 7.65. The molecule has 0 aromatic heterocycles. The van der Waals surface area contributed by atoms with E-state index in [0.717, 1.165) is 6.42 Å². The van der Waals surface area contributed by atoms with Gasteiger partial charge in [0.2, 0.25) is 0 Å². The molecule has 0 aliphatic carbocycles. The molecule has 95 valence electrons. The van der Waals surface area contributed by atoms with Crippen molar-refractivity contribution in [3.63, 3.8) is 0 Å². The zero-order chi connectivity index (χ0) is 12.4. The van der Waals surface area contributed by atoms with Gasteiger partial charge < -0.3 is 18.9 Å². The molecule has 0 bridgehead atoms. The first kappa shape index (κ1) is 15.4. The van der Waals surface area contributed by atoms with Gasteiger partial charge in [0.05, 0.1) is 7.11 Å². The number of amides is 1. The molecule has 0 rings (SSSR count). The van der Waals surface area contributed by atoms with E-state index >= 15 is 0 Å². The van der Waals surface area contributed by atoms with Crippen LogP contribution in [0, 0.1) is 0 Å². The molecule has 1 unspecified atom stereocenters. The van der Waals surface area contributed by atoms with E-state index < -0.39 is 15.4 Å². The lowest BCUT2D eigenvalue weighted by Gasteiger charge is -2.19. The smallest absolute Gasteiger partial charge is 0.406 e. The van der Waals surface area contributed by atoms with Gasteiger partial charge in [-0.15, -0.1) is 0 Å². The zero-order valence-electron chi connectivity index (χ0n) is 10.5. The predicted molar refractivity (Wildman–Crippen MR) is 63.5 cm³/mol. The van der Waals surface area contributed by atoms with Crippen LogP contribution in [0.2, 0.25) is 5.54 Å². The minimum Gasteiger partial charge on any atom is -0.453 e. The summed E-state index contributed by atoms with van der Waals surface area (Å²) in [6.07, 6.45) is 0.442. The summed E-state index contributed by atoms with van der Waals surface area (Å²) in [4.78, 5) is 10.8. The SMILES string of the molecule is CCO[Si](OCC)C(C)CCNC(=O)OC. The summed E-state index contributed by atoms with van der Waals surface area (Å²) in [7, 11) is 0.135. The predicted octanol–water partition coefficient (Wildman–Crippen LogP) is 1.68. The summed E-state index contributed by atoms with van der Waals surface area (Å²) >= 11 is 0. The van der Waals surface area contributed by atoms with Crippen LogP contribution in [-0.4, -0.2) is 42.2 Å². The van der Waals surface area contributed by atoms with E-state index in [0.29, 0.717) is 25.3 Å². The quantitative estimate of drug-likeness (QED) is 0.664. The molecule has 5 nitrogen and oxygen atoms in total. The fraction of sp³-hybridized carbons (Fsp3) is 0.900. The van der Waals surface area contributed by atoms with Crippen molar-refractivity contribution >= 4 is 15.4 Å². The molecule has 1 N–H and O–H groups in total. The lowest BCUT2D eigenvalue weighted by Crippen LogP contribution is -2.31. The standard InChI is InChI=1S/C10H22NO4Si/c1-5-14-16(15-6-2)9(3)7-8-11-10(12)13-4/h9H,5-8H2,1-4H3,(H,11,12). The lowest BCUT2D eigenvalue weighted by molar-refractivity contribution is 0.170. The van der Waals surface area contributed by atoms with Crippen LogP contribution in [0.25, 0.3) is 0 Å². The van der Waals surface area contributed by atoms with Crippen LogP contribution in [0.5, 0.6) is 0 Å². The van der Waals surface area contributed by atoms with Crippen molar-refractivity contribution in [1.82, 2.24) is 5.32 Å². The van der Waals surface area contributed by atoms with Crippen LogP contribution in [0.4, 0.5) is 4.79 Å². The highest BCUT2D eigenvalue weighted by atomic mass is 28.3. The zero-order valence-corrected chi connectivity index (χ0v) is 11.5. The fourth-order valence-electron chi connectivity index (χ4n) is 1.19. The Balaban J connectivity index is 3.81. The minimum absolute atomic E-state index is 0.335. The Labute approximate surface area is 99.3 Å². The number of ether oxygens (including phenoxy) is 1. The Morgan fingerprint density at radius 1 is 1.31 bits per heavy atom. The van der Waals surface area contributed by atoms with Crippen LogP contribution in [0.1, 0.15) is 27.2 Å². The van der Waals surface area contributed by atoms with Crippen molar-refractivity contribution in [3.8, 4) is 0 Å². The maximum absolute atomic E-state index is 10.8. The molecule has 1 radical (unpaired) electrons. The third kappa shape index (κ3) is 6.81. The third-order valence-corrected chi connectivity index (χ3v) is 4.25. The number of nitrogens with one attached hydrogen (secondary N) is 1. The number of rotatable bonds is 8. The average molecular weight is 248 g/mol. The highest BCUT2D eigenvalue weighted by molar-refractivity contribution is 6.46. The molecule has 0 saturated heterocycles. The van der Waals surface area contributed by atoms with Crippen molar-refractivity contribution in [1.29, 1.82) is 0 Å². The maximum atomic E-state index is 10.8. The summed E-state index contributed by atoms with van der Waals surface area (Å²) in [5, 5.41) is 2.65. The molecule has 0 saturated carbocycles. The van der Waals surface area contributed by atoms with E-state index in [2.05, 4.69) is 17.0 Å². The average Bonchev–Trinajstić information content (AvgIpc) is 2.28. The summed E-state index contributed by atoms with van der Waals surface area (Å²) < 4.78 is 15.6. The highest BCUT2D eigenvalue weighted by Crippen LogP contribution is 2.15. The molecular formula is C10H22NO4Si. The molecule has 0 aliphatic rings. The largest absolute Gasteiger partial charge is 0.453 e. The molecule has 1 amide bonds. The van der Waals surface area contributed by atoms with Gasteiger partial charge in [-0.2, -0.15) is 0 Å². The summed E-state index contributed by atoms with van der Waals surface area (Å²) in [5.74, 6) is 0. The summed E-state index contributed by atoms with van der Waals surface area (Å²) in [6.45, 7) is 7.93. The molecule has 0 aliphatic heterocycles. The number of hydrogen-bond donors (Lipinski definition) is 1. The summed E-state index contributed by atoms with van der Waals surface area (Å²) in [6, 6.07) is 0. The van der Waals surface area contributed by atoms with Gasteiger partial charge in [0.15, 0.2) is 0 Å². The molecule has 6 heteroatoms. The second-order valence-electron chi connectivity index (χ2n) is 3.29. The van der Waals surface area contributed by atoms with E-state index in [4.69, 9.17) is 8.85 Å². The van der Waals surface area contributed by atoms with E-state index in [1.54, 1.807) is 0 Å². The molecule has 0 heterocycles. The number of hydrogen-bond acceptors (Lipinski definition) is 4. The van der Waals surface area contributed by atoms with Crippen molar-refractivity contribution in [3.05, 3.63) is 0 Å². The lowest BCUT2D eigenvalue weighted by atomic mass is 10.3. The van der Waals surface area contributed by atoms with Gasteiger partial charge in [0, 0.05) is 25.3 Å². The summed E-state index contributed by atoms with van der Waals surface area (Å²) in [5.41, 5.74) is 0.335. The monoisotopic (exact) mass is 248 g/mol. The van der Waals surface area contributed by atoms with Crippen LogP contribution >= 0.6 is 0 Å². The van der Waals surface area contributed by atoms with Gasteiger partial charge in [0.25, 0.3) is 0 Å². The van der Waals surface area contributed by atoms with Crippen molar-refractivity contribution in [2.45, 2.75) is 32.7 Å². The van der Waals surface area contributed by atoms with Gasteiger partial charge in [0.1, 0.15) is 0 Å². The third-order valence-electron chi connectivity index (χ3n) is 2.01. The molecular weight excluding hydrogens is 226 g/mol. The van der Waals surface area contributed by atoms with Gasteiger partial charge in [-0.3, -0.25) is 0 Å². The molecule has 16 heavy (non-hydrogen) atoms. The van der Waals surface area contributed by atoms with Crippen molar-refractivity contribution in [2.75, 3.05) is 26.9 Å². The van der Waals surface area contributed by atoms with Gasteiger partial charge in [-0.05, 0) is 20.3 Å². The maximum Gasteiger partial charge on any atom is 0.406 e. The normalized spacial score (nSPS) is 12.6. The molecule has 0 fully saturated rings. The molecule has 1 atom stereocenters. The van der Waals surface area contributed by atoms with Crippen LogP contribution in [0.3, 0.4) is 0 Å². The van der Waals surface area contributed by atoms with E-state index in [-0.39, 0.29) is 0 Å². The highest BCUT2D eigenvalue weighted by Gasteiger charge is 2.23. The Morgan fingerprint density at radius 2 is 1.88 bits per heavy atom. The molecule has 0 aromatic carbocycles. The molecule has 0 spiro atoms. The van der Waals surface area contributed by atoms with Gasteiger partial charge >= 0.3 is 15.4 Å². The van der Waals surface area contributed by atoms with Crippen LogP contribution in [0.15, 0.2) is 0 Å². The Hall–Kier alpha value is -0.593. The number of carbonyl (C=O) groups excluding carboxylic acids is 1. The van der Waals surface area contributed by atoms with Gasteiger partial charge in [-0.1, -0.05) is 6.92 Å². The topological polar surface area (TPSA) is 56.8 Å². The fourth-order valence-corrected chi connectivity index (χ4v) is 2.79. The van der Waals surface area contributed by atoms with Crippen molar-refractivity contribution < 1.29 is 18.4 Å². The number of methoxy groups -OCH3 is 1. The van der Waals surface area contributed by atoms with E-state index in [9.17, 15) is 4.79 Å². The Bertz CT molecular complexity index is 186. The van der Waals surface area contributed by atoms with Crippen molar-refractivity contribution in [2.24, 2.45) is 0 Å². The first-order valence-electron chi connectivity index (χ1n) is 5.59. The van der Waals surface area contributed by atoms with Crippen LogP contribution < -0.4 is 5.32 Å². The Kier molecular flexibility index (Phi) is 9.26. The number of alkyl carbamates (subject to hydrolysis) is 1. The van der Waals surface area contributed by atoms with E-state index in [1.807, 2.05) is 13.8 Å². The Morgan fingerprint density at radius 3 is 2.31 bits per heavy atom. The second-order valence-corrected chi connectivity index (χ2v) is 5.49. The van der Waals surface area contributed by atoms with Crippen LogP contribution in [-0.2, 0) is 13.6 Å². The van der Waals surface area contributed by atoms with E-state index in [1.165, 1.54) is 7.11 Å². The minimum atomic E-state index is -1.22. The second kappa shape index (κ2) is 9.62. The molecule has 0 aromatic rings. The first-order valence-corrected chi connectivity index (χ1v) is 6.99. The van der Waals surface area contributed by atoms with Gasteiger partial charge in [-0.25, -0.2) is 4.79 Å². The number of carbonyl (C=O) groups is 1.